The van der Waals surface area contributed by atoms with E-state index in [-0.39, 0.29) is 48.5 Å². The molecule has 38 heavy (non-hydrogen) atoms. The van der Waals surface area contributed by atoms with Crippen LogP contribution in [0.5, 0.6) is 0 Å². The van der Waals surface area contributed by atoms with Crippen LogP contribution in [0.3, 0.4) is 0 Å². The van der Waals surface area contributed by atoms with E-state index in [9.17, 15) is 18.8 Å². The van der Waals surface area contributed by atoms with Crippen LogP contribution in [0.4, 0.5) is 9.18 Å². The molecule has 5 unspecified atom stereocenters. The number of carbonyl (C=O) groups is 3. The SMILES string of the molecule is COC(=O)NCCNC(=O)[C@@]12CC(C)C(C)C(/C=C/c3ccc(-c4cccc(F)c4)cn3)C1C(C)OC2=O. The Balaban J connectivity index is 1.55. The topological polar surface area (TPSA) is 107 Å². The maximum Gasteiger partial charge on any atom is 0.406 e. The van der Waals surface area contributed by atoms with Crippen molar-refractivity contribution >= 4 is 24.0 Å². The zero-order valence-electron chi connectivity index (χ0n) is 22.1. The fraction of sp³-hybridized carbons (Fsp3) is 0.448. The van der Waals surface area contributed by atoms with Gasteiger partial charge in [0.25, 0.3) is 0 Å². The number of ether oxygens (including phenoxy) is 2. The van der Waals surface area contributed by atoms with Crippen molar-refractivity contribution in [3.05, 3.63) is 60.2 Å². The molecule has 8 nitrogen and oxygen atoms in total. The number of benzene rings is 1. The van der Waals surface area contributed by atoms with Gasteiger partial charge in [0.1, 0.15) is 11.9 Å². The second kappa shape index (κ2) is 11.3. The van der Waals surface area contributed by atoms with Crippen LogP contribution in [0.1, 0.15) is 32.9 Å². The lowest BCUT2D eigenvalue weighted by Crippen LogP contribution is -2.56. The van der Waals surface area contributed by atoms with Crippen molar-refractivity contribution in [2.24, 2.45) is 29.1 Å². The van der Waals surface area contributed by atoms with E-state index in [2.05, 4.69) is 34.2 Å². The molecule has 0 bridgehead atoms. The molecule has 1 aromatic carbocycles. The van der Waals surface area contributed by atoms with Crippen LogP contribution in [0.15, 0.2) is 48.7 Å². The number of aromatic nitrogens is 1. The number of methoxy groups -OCH3 is 1. The van der Waals surface area contributed by atoms with Crippen LogP contribution in [0.25, 0.3) is 17.2 Å². The molecule has 1 aliphatic heterocycles. The number of pyridine rings is 1. The van der Waals surface area contributed by atoms with Crippen molar-refractivity contribution in [2.45, 2.75) is 33.3 Å². The Labute approximate surface area is 222 Å². The van der Waals surface area contributed by atoms with Gasteiger partial charge in [-0.2, -0.15) is 0 Å². The number of cyclic esters (lactones) is 1. The highest BCUT2D eigenvalue weighted by molar-refractivity contribution is 6.04. The summed E-state index contributed by atoms with van der Waals surface area (Å²) in [5.41, 5.74) is 0.968. The minimum absolute atomic E-state index is 0.0843. The molecule has 1 aromatic heterocycles. The molecule has 6 atom stereocenters. The summed E-state index contributed by atoms with van der Waals surface area (Å²) in [6.07, 6.45) is 5.01. The standard InChI is InChI=1S/C29H34FN3O5/c1-17-15-29(26(34)31-12-13-32-28(36)37-4)25(19(3)38-27(29)35)24(18(17)2)11-10-23-9-8-21(16-33-23)20-6-5-7-22(30)14-20/h5-11,14,16-19,24-25H,12-13,15H2,1-4H3,(H,31,34)(H,32,36)/b11-10+/t17?,18?,19?,24?,25?,29-/m1/s1. The van der Waals surface area contributed by atoms with Crippen LogP contribution in [-0.4, -0.2) is 49.3 Å². The van der Waals surface area contributed by atoms with Crippen molar-refractivity contribution in [1.82, 2.24) is 15.6 Å². The molecule has 1 saturated heterocycles. The molecular formula is C29H34FN3O5. The lowest BCUT2D eigenvalue weighted by Gasteiger charge is -2.46. The predicted molar refractivity (Wildman–Crippen MR) is 140 cm³/mol. The molecular weight excluding hydrogens is 489 g/mol. The van der Waals surface area contributed by atoms with Gasteiger partial charge in [-0.05, 0) is 60.9 Å². The smallest absolute Gasteiger partial charge is 0.406 e. The molecule has 1 saturated carbocycles. The number of nitrogens with one attached hydrogen (secondary N) is 2. The van der Waals surface area contributed by atoms with Gasteiger partial charge < -0.3 is 20.1 Å². The Kier molecular flexibility index (Phi) is 8.14. The van der Waals surface area contributed by atoms with Crippen LogP contribution >= 0.6 is 0 Å². The average Bonchev–Trinajstić information content (AvgIpc) is 3.16. The quantitative estimate of drug-likeness (QED) is 0.320. The molecule has 2 fully saturated rings. The van der Waals surface area contributed by atoms with Crippen LogP contribution < -0.4 is 10.6 Å². The Hall–Kier alpha value is -3.75. The van der Waals surface area contributed by atoms with E-state index in [0.29, 0.717) is 6.42 Å². The van der Waals surface area contributed by atoms with E-state index in [4.69, 9.17) is 4.74 Å². The zero-order chi connectivity index (χ0) is 27.4. The molecule has 0 radical (unpaired) electrons. The summed E-state index contributed by atoms with van der Waals surface area (Å²) in [4.78, 5) is 42.5. The summed E-state index contributed by atoms with van der Waals surface area (Å²) >= 11 is 0. The van der Waals surface area contributed by atoms with Gasteiger partial charge in [0.05, 0.1) is 12.8 Å². The summed E-state index contributed by atoms with van der Waals surface area (Å²) in [7, 11) is 1.26. The maximum absolute atomic E-state index is 13.6. The van der Waals surface area contributed by atoms with Gasteiger partial charge >= 0.3 is 12.1 Å². The first kappa shape index (κ1) is 27.3. The summed E-state index contributed by atoms with van der Waals surface area (Å²) in [5.74, 6) is -1.35. The lowest BCUT2D eigenvalue weighted by molar-refractivity contribution is -0.157. The minimum Gasteiger partial charge on any atom is -0.461 e. The second-order valence-corrected chi connectivity index (χ2v) is 10.2. The van der Waals surface area contributed by atoms with Gasteiger partial charge in [-0.1, -0.05) is 38.1 Å². The summed E-state index contributed by atoms with van der Waals surface area (Å²) in [6, 6.07) is 10.1. The molecule has 2 N–H and O–H groups in total. The van der Waals surface area contributed by atoms with E-state index < -0.39 is 23.6 Å². The highest BCUT2D eigenvalue weighted by Gasteiger charge is 2.66. The third-order valence-corrected chi connectivity index (χ3v) is 8.00. The van der Waals surface area contributed by atoms with Crippen LogP contribution in [-0.2, 0) is 19.1 Å². The fourth-order valence-electron chi connectivity index (χ4n) is 5.90. The first-order valence-electron chi connectivity index (χ1n) is 12.9. The number of allylic oxidation sites excluding steroid dienone is 1. The van der Waals surface area contributed by atoms with E-state index in [1.54, 1.807) is 12.3 Å². The number of carbonyl (C=O) groups excluding carboxylic acids is 3. The fourth-order valence-corrected chi connectivity index (χ4v) is 5.90. The van der Waals surface area contributed by atoms with E-state index >= 15 is 0 Å². The van der Waals surface area contributed by atoms with E-state index in [1.165, 1.54) is 19.2 Å². The van der Waals surface area contributed by atoms with Gasteiger partial charge in [0.2, 0.25) is 5.91 Å². The van der Waals surface area contributed by atoms with Crippen LogP contribution in [0, 0.1) is 34.9 Å². The molecule has 9 heteroatoms. The first-order chi connectivity index (χ1) is 18.2. The number of alkyl carbamates (subject to hydrolysis) is 1. The van der Waals surface area contributed by atoms with Gasteiger partial charge in [0, 0.05) is 30.8 Å². The monoisotopic (exact) mass is 523 g/mol. The number of hydrogen-bond acceptors (Lipinski definition) is 6. The molecule has 2 amide bonds. The lowest BCUT2D eigenvalue weighted by atomic mass is 9.54. The molecule has 2 heterocycles. The van der Waals surface area contributed by atoms with Crippen molar-refractivity contribution in [1.29, 1.82) is 0 Å². The molecule has 0 spiro atoms. The number of halogens is 1. The maximum atomic E-state index is 13.6. The van der Waals surface area contributed by atoms with Crippen molar-refractivity contribution in [2.75, 3.05) is 20.2 Å². The largest absolute Gasteiger partial charge is 0.461 e. The third kappa shape index (κ3) is 5.28. The van der Waals surface area contributed by atoms with Gasteiger partial charge in [-0.25, -0.2) is 9.18 Å². The van der Waals surface area contributed by atoms with E-state index in [0.717, 1.165) is 16.8 Å². The van der Waals surface area contributed by atoms with Crippen molar-refractivity contribution in [3.8, 4) is 11.1 Å². The molecule has 202 valence electrons. The number of fused-ring (bicyclic) bond motifs is 1. The Morgan fingerprint density at radius 1 is 1.16 bits per heavy atom. The Morgan fingerprint density at radius 3 is 2.61 bits per heavy atom. The number of rotatable bonds is 7. The van der Waals surface area contributed by atoms with Gasteiger partial charge in [-0.15, -0.1) is 0 Å². The van der Waals surface area contributed by atoms with Crippen molar-refractivity contribution in [3.63, 3.8) is 0 Å². The zero-order valence-corrected chi connectivity index (χ0v) is 22.1. The number of hydrogen-bond donors (Lipinski definition) is 2. The number of nitrogens with zero attached hydrogens (tertiary/aromatic N) is 1. The third-order valence-electron chi connectivity index (χ3n) is 8.00. The Bertz CT molecular complexity index is 1220. The average molecular weight is 524 g/mol. The van der Waals surface area contributed by atoms with Crippen LogP contribution in [0.2, 0.25) is 0 Å². The van der Waals surface area contributed by atoms with E-state index in [1.807, 2.05) is 37.3 Å². The predicted octanol–water partition coefficient (Wildman–Crippen LogP) is 4.21. The highest BCUT2D eigenvalue weighted by atomic mass is 19.1. The molecule has 4 rings (SSSR count). The summed E-state index contributed by atoms with van der Waals surface area (Å²) in [5, 5.41) is 5.35. The minimum atomic E-state index is -1.31. The molecule has 2 aromatic rings. The second-order valence-electron chi connectivity index (χ2n) is 10.2. The first-order valence-corrected chi connectivity index (χ1v) is 12.9. The van der Waals surface area contributed by atoms with Crippen molar-refractivity contribution < 1.29 is 28.2 Å². The van der Waals surface area contributed by atoms with Gasteiger partial charge in [0.15, 0.2) is 5.41 Å². The highest BCUT2D eigenvalue weighted by Crippen LogP contribution is 2.56. The summed E-state index contributed by atoms with van der Waals surface area (Å²) < 4.78 is 23.8. The molecule has 2 aliphatic rings. The normalized spacial score (nSPS) is 28.4. The van der Waals surface area contributed by atoms with Gasteiger partial charge in [-0.3, -0.25) is 14.6 Å². The molecule has 1 aliphatic carbocycles. The number of esters is 1. The Morgan fingerprint density at radius 2 is 1.92 bits per heavy atom. The summed E-state index contributed by atoms with van der Waals surface area (Å²) in [6.45, 7) is 6.37. The number of amides is 2.